The van der Waals surface area contributed by atoms with Crippen LogP contribution < -0.4 is 14.8 Å². The lowest BCUT2D eigenvalue weighted by Crippen LogP contribution is -2.28. The van der Waals surface area contributed by atoms with Gasteiger partial charge in [-0.05, 0) is 18.6 Å². The summed E-state index contributed by atoms with van der Waals surface area (Å²) in [5.74, 6) is -4.12. The van der Waals surface area contributed by atoms with E-state index in [1.54, 1.807) is 0 Å². The number of H-pyrrole nitrogens is 1. The van der Waals surface area contributed by atoms with Crippen molar-refractivity contribution in [2.75, 3.05) is 25.0 Å². The molecule has 0 aliphatic carbocycles. The Hall–Kier alpha value is -4.21. The largest absolute Gasteiger partial charge is 0.480 e. The van der Waals surface area contributed by atoms with Crippen molar-refractivity contribution in [2.24, 2.45) is 0 Å². The Morgan fingerprint density at radius 2 is 1.90 bits per heavy atom. The maximum atomic E-state index is 15.5. The Kier molecular flexibility index (Phi) is 8.03. The molecule has 11 nitrogen and oxygen atoms in total. The number of hydrogen-bond donors (Lipinski definition) is 5. The highest BCUT2D eigenvalue weighted by molar-refractivity contribution is 7.92. The average molecular weight is 566 g/mol. The van der Waals surface area contributed by atoms with Crippen LogP contribution in [0.15, 0.2) is 47.5 Å². The predicted molar refractivity (Wildman–Crippen MR) is 133 cm³/mol. The number of halogens is 3. The third-order valence-corrected chi connectivity index (χ3v) is 7.03. The molecule has 39 heavy (non-hydrogen) atoms. The lowest BCUT2D eigenvalue weighted by atomic mass is 10.0. The second-order valence-corrected chi connectivity index (χ2v) is 9.89. The molecule has 206 valence electrons. The Morgan fingerprint density at radius 3 is 2.62 bits per heavy atom. The summed E-state index contributed by atoms with van der Waals surface area (Å²) in [7, 11) is -3.44. The van der Waals surface area contributed by atoms with Crippen molar-refractivity contribution in [2.45, 2.75) is 17.4 Å². The van der Waals surface area contributed by atoms with Crippen molar-refractivity contribution in [1.82, 2.24) is 20.5 Å². The number of methoxy groups -OCH3 is 1. The Bertz CT molecular complexity index is 1650. The minimum Gasteiger partial charge on any atom is -0.480 e. The van der Waals surface area contributed by atoms with Crippen LogP contribution in [0.5, 0.6) is 5.88 Å². The highest BCUT2D eigenvalue weighted by Crippen LogP contribution is 2.34. The van der Waals surface area contributed by atoms with Gasteiger partial charge in [0.05, 0.1) is 31.7 Å². The second kappa shape index (κ2) is 11.3. The number of sulfonamides is 1. The molecule has 4 rings (SSSR count). The number of aromatic nitrogens is 3. The molecule has 2 aromatic heterocycles. The topological polar surface area (TPSA) is 167 Å². The normalized spacial score (nSPS) is 12.4. The number of aromatic amines is 1. The molecule has 1 atom stereocenters. The summed E-state index contributed by atoms with van der Waals surface area (Å²) in [5, 5.41) is 27.1. The zero-order chi connectivity index (χ0) is 28.3. The first-order valence-electron chi connectivity index (χ1n) is 11.3. The molecule has 0 unspecified atom stereocenters. The van der Waals surface area contributed by atoms with E-state index in [0.717, 1.165) is 19.4 Å². The summed E-state index contributed by atoms with van der Waals surface area (Å²) >= 11 is 0. The zero-order valence-electron chi connectivity index (χ0n) is 20.2. The van der Waals surface area contributed by atoms with Crippen molar-refractivity contribution < 1.29 is 41.3 Å². The van der Waals surface area contributed by atoms with Gasteiger partial charge in [0, 0.05) is 29.1 Å². The van der Waals surface area contributed by atoms with Crippen LogP contribution in [0, 0.1) is 17.5 Å². The number of pyridine rings is 1. The number of carbonyl (C=O) groups excluding carboxylic acids is 1. The van der Waals surface area contributed by atoms with Crippen molar-refractivity contribution in [3.8, 4) is 17.0 Å². The molecule has 1 amide bonds. The van der Waals surface area contributed by atoms with Gasteiger partial charge in [-0.2, -0.15) is 5.10 Å². The van der Waals surface area contributed by atoms with E-state index in [1.165, 1.54) is 24.3 Å². The summed E-state index contributed by atoms with van der Waals surface area (Å²) in [4.78, 5) is 15.3. The van der Waals surface area contributed by atoms with Crippen LogP contribution in [0.3, 0.4) is 0 Å². The standard InChI is InChI=1S/C24H22F3N5O6S/c1-38-24-18(9-12(25)10-29-24)39(36,37)32-17-4-2-3-14(19(17)26)15-5-6-16-21(20(15)27)30-31-22(16)23(35)28-8-7-13(34)11-33/h2-6,9-10,13,32-34H,7-8,11H2,1H3,(H,28,35)(H,30,31)/t13-/m1/s1. The fraction of sp³-hybridized carbons (Fsp3) is 0.208. The van der Waals surface area contributed by atoms with E-state index in [0.29, 0.717) is 6.07 Å². The maximum absolute atomic E-state index is 15.5. The summed E-state index contributed by atoms with van der Waals surface area (Å²) in [5.41, 5.74) is -1.46. The highest BCUT2D eigenvalue weighted by Gasteiger charge is 2.25. The van der Waals surface area contributed by atoms with Crippen LogP contribution in [0.2, 0.25) is 0 Å². The predicted octanol–water partition coefficient (Wildman–Crippen LogP) is 2.32. The van der Waals surface area contributed by atoms with Gasteiger partial charge in [-0.1, -0.05) is 18.2 Å². The van der Waals surface area contributed by atoms with E-state index in [2.05, 4.69) is 20.5 Å². The number of aliphatic hydroxyl groups is 2. The summed E-state index contributed by atoms with van der Waals surface area (Å²) < 4.78 is 77.2. The second-order valence-electron chi connectivity index (χ2n) is 8.24. The van der Waals surface area contributed by atoms with Gasteiger partial charge in [0.2, 0.25) is 5.88 Å². The minimum atomic E-state index is -4.57. The summed E-state index contributed by atoms with van der Waals surface area (Å²) in [6.45, 7) is -0.439. The van der Waals surface area contributed by atoms with Crippen LogP contribution in [0.1, 0.15) is 16.9 Å². The summed E-state index contributed by atoms with van der Waals surface area (Å²) in [6, 6.07) is 6.80. The van der Waals surface area contributed by atoms with E-state index in [4.69, 9.17) is 9.84 Å². The molecule has 2 heterocycles. The fourth-order valence-electron chi connectivity index (χ4n) is 3.74. The van der Waals surface area contributed by atoms with Crippen molar-refractivity contribution in [3.05, 3.63) is 65.7 Å². The highest BCUT2D eigenvalue weighted by atomic mass is 32.2. The number of carbonyl (C=O) groups is 1. The van der Waals surface area contributed by atoms with E-state index >= 15 is 8.78 Å². The molecule has 0 aliphatic heterocycles. The Morgan fingerprint density at radius 1 is 1.15 bits per heavy atom. The van der Waals surface area contributed by atoms with Crippen LogP contribution in [-0.2, 0) is 10.0 Å². The van der Waals surface area contributed by atoms with Gasteiger partial charge in [-0.25, -0.2) is 26.6 Å². The van der Waals surface area contributed by atoms with Gasteiger partial charge < -0.3 is 20.3 Å². The molecule has 5 N–H and O–H groups in total. The monoisotopic (exact) mass is 565 g/mol. The minimum absolute atomic E-state index is 0.0287. The van der Waals surface area contributed by atoms with Crippen molar-refractivity contribution >= 4 is 32.5 Å². The first-order valence-corrected chi connectivity index (χ1v) is 12.8. The van der Waals surface area contributed by atoms with Gasteiger partial charge in [0.1, 0.15) is 11.3 Å². The molecular formula is C24H22F3N5O6S. The average Bonchev–Trinajstić information content (AvgIpc) is 3.35. The number of nitrogens with one attached hydrogen (secondary N) is 3. The van der Waals surface area contributed by atoms with Crippen LogP contribution in [-0.4, -0.2) is 66.1 Å². The number of benzene rings is 2. The van der Waals surface area contributed by atoms with Crippen molar-refractivity contribution in [3.63, 3.8) is 0 Å². The van der Waals surface area contributed by atoms with Gasteiger partial charge in [0.25, 0.3) is 15.9 Å². The third kappa shape index (κ3) is 5.64. The number of hydrogen-bond acceptors (Lipinski definition) is 8. The SMILES string of the molecule is COc1ncc(F)cc1S(=O)(=O)Nc1cccc(-c2ccc3c(C(=O)NCC[C@@H](O)CO)n[nH]c3c2F)c1F. The molecule has 2 aromatic carbocycles. The lowest BCUT2D eigenvalue weighted by molar-refractivity contribution is 0.0832. The number of aliphatic hydroxyl groups excluding tert-OH is 2. The molecule has 0 aliphatic rings. The molecule has 0 bridgehead atoms. The maximum Gasteiger partial charge on any atom is 0.272 e. The van der Waals surface area contributed by atoms with Gasteiger partial charge in [-0.15, -0.1) is 0 Å². The first-order chi connectivity index (χ1) is 18.6. The van der Waals surface area contributed by atoms with E-state index in [-0.39, 0.29) is 40.7 Å². The number of rotatable bonds is 10. The third-order valence-electron chi connectivity index (χ3n) is 5.67. The van der Waals surface area contributed by atoms with Crippen molar-refractivity contribution in [1.29, 1.82) is 0 Å². The van der Waals surface area contributed by atoms with Gasteiger partial charge >= 0.3 is 0 Å². The number of fused-ring (bicyclic) bond motifs is 1. The smallest absolute Gasteiger partial charge is 0.272 e. The Labute approximate surface area is 219 Å². The molecule has 0 radical (unpaired) electrons. The quantitative estimate of drug-likeness (QED) is 0.195. The zero-order valence-corrected chi connectivity index (χ0v) is 21.0. The summed E-state index contributed by atoms with van der Waals surface area (Å²) in [6.07, 6.45) is -0.168. The Balaban J connectivity index is 1.65. The van der Waals surface area contributed by atoms with Crippen LogP contribution in [0.25, 0.3) is 22.0 Å². The first kappa shape index (κ1) is 27.8. The van der Waals surface area contributed by atoms with E-state index < -0.39 is 62.6 Å². The molecule has 0 saturated heterocycles. The number of amides is 1. The van der Waals surface area contributed by atoms with Crippen LogP contribution >= 0.6 is 0 Å². The van der Waals surface area contributed by atoms with Gasteiger partial charge in [0.15, 0.2) is 22.2 Å². The molecule has 0 saturated carbocycles. The van der Waals surface area contributed by atoms with E-state index in [1.807, 2.05) is 4.72 Å². The molecule has 15 heteroatoms. The van der Waals surface area contributed by atoms with E-state index in [9.17, 15) is 22.7 Å². The molecule has 0 fully saturated rings. The molecule has 4 aromatic rings. The number of ether oxygens (including phenoxy) is 1. The number of anilines is 1. The fourth-order valence-corrected chi connectivity index (χ4v) is 4.93. The molecular weight excluding hydrogens is 543 g/mol. The molecule has 0 spiro atoms. The van der Waals surface area contributed by atoms with Gasteiger partial charge in [-0.3, -0.25) is 14.6 Å². The number of nitrogens with zero attached hydrogens (tertiary/aromatic N) is 2. The lowest BCUT2D eigenvalue weighted by Gasteiger charge is -2.13. The van der Waals surface area contributed by atoms with Crippen LogP contribution in [0.4, 0.5) is 18.9 Å².